The Labute approximate surface area is 69.1 Å². The molecule has 66 valence electrons. The summed E-state index contributed by atoms with van der Waals surface area (Å²) >= 11 is 0. The van der Waals surface area contributed by atoms with E-state index in [0.717, 1.165) is 13.0 Å². The third-order valence-corrected chi connectivity index (χ3v) is 2.30. The lowest BCUT2D eigenvalue weighted by molar-refractivity contribution is -0.000403. The molecule has 0 aromatic heterocycles. The Hall–Kier alpha value is -0.0800. The first kappa shape index (κ1) is 9.01. The van der Waals surface area contributed by atoms with Crippen molar-refractivity contribution in [2.45, 2.75) is 51.2 Å². The van der Waals surface area contributed by atoms with Crippen LogP contribution in [0.25, 0.3) is 0 Å². The van der Waals surface area contributed by atoms with Gasteiger partial charge in [0.25, 0.3) is 0 Å². The van der Waals surface area contributed by atoms with Crippen molar-refractivity contribution < 1.29 is 4.74 Å². The van der Waals surface area contributed by atoms with E-state index in [1.165, 1.54) is 25.7 Å². The zero-order chi connectivity index (χ0) is 8.10. The highest BCUT2D eigenvalue weighted by molar-refractivity contribution is 4.68. The number of hydrogen-bond donors (Lipinski definition) is 1. The molecule has 0 spiro atoms. The van der Waals surface area contributed by atoms with Gasteiger partial charge >= 0.3 is 0 Å². The smallest absolute Gasteiger partial charge is 0.0578 e. The molecule has 2 heteroatoms. The molecule has 0 heterocycles. The topological polar surface area (TPSA) is 35.2 Å². The van der Waals surface area contributed by atoms with Gasteiger partial charge in [0.2, 0.25) is 0 Å². The number of hydrogen-bond acceptors (Lipinski definition) is 2. The zero-order valence-electron chi connectivity index (χ0n) is 7.38. The van der Waals surface area contributed by atoms with E-state index in [1.54, 1.807) is 0 Å². The van der Waals surface area contributed by atoms with Crippen LogP contribution in [0, 0.1) is 0 Å². The van der Waals surface area contributed by atoms with Crippen molar-refractivity contribution in [3.05, 3.63) is 0 Å². The van der Waals surface area contributed by atoms with E-state index < -0.39 is 0 Å². The fraction of sp³-hybridized carbons (Fsp3) is 1.00. The van der Waals surface area contributed by atoms with Gasteiger partial charge in [-0.2, -0.15) is 0 Å². The molecule has 0 amide bonds. The molecular formula is C9H19NO. The Bertz CT molecular complexity index is 99.7. The molecule has 0 saturated heterocycles. The Kier molecular flexibility index (Phi) is 3.87. The van der Waals surface area contributed by atoms with Crippen molar-refractivity contribution in [3.8, 4) is 0 Å². The van der Waals surface area contributed by atoms with Gasteiger partial charge in [-0.15, -0.1) is 0 Å². The highest BCUT2D eigenvalue weighted by atomic mass is 16.5. The lowest BCUT2D eigenvalue weighted by atomic mass is 10.2. The number of nitrogens with two attached hydrogens (primary N) is 1. The summed E-state index contributed by atoms with van der Waals surface area (Å²) in [6.45, 7) is 2.86. The number of ether oxygens (including phenoxy) is 1. The van der Waals surface area contributed by atoms with E-state index in [1.807, 2.05) is 0 Å². The predicted octanol–water partition coefficient (Wildman–Crippen LogP) is 1.68. The molecule has 0 aliphatic heterocycles. The maximum atomic E-state index is 5.77. The van der Waals surface area contributed by atoms with Gasteiger partial charge in [-0.1, -0.05) is 12.8 Å². The summed E-state index contributed by atoms with van der Waals surface area (Å²) in [5, 5.41) is 0. The minimum atomic E-state index is 0.364. The molecule has 0 aromatic rings. The maximum absolute atomic E-state index is 5.77. The SMILES string of the molecule is CC(CCN)OC1CCCC1. The molecule has 2 N–H and O–H groups in total. The Morgan fingerprint density at radius 2 is 2.09 bits per heavy atom. The number of rotatable bonds is 4. The van der Waals surface area contributed by atoms with E-state index in [0.29, 0.717) is 12.2 Å². The van der Waals surface area contributed by atoms with Crippen LogP contribution in [0.5, 0.6) is 0 Å². The van der Waals surface area contributed by atoms with Gasteiger partial charge in [-0.05, 0) is 32.7 Å². The molecule has 1 atom stereocenters. The molecule has 1 rings (SSSR count). The van der Waals surface area contributed by atoms with Gasteiger partial charge in [0, 0.05) is 0 Å². The van der Waals surface area contributed by atoms with E-state index >= 15 is 0 Å². The van der Waals surface area contributed by atoms with Crippen molar-refractivity contribution in [3.63, 3.8) is 0 Å². The summed E-state index contributed by atoms with van der Waals surface area (Å²) in [7, 11) is 0. The summed E-state index contributed by atoms with van der Waals surface area (Å²) in [4.78, 5) is 0. The molecule has 1 aliphatic carbocycles. The van der Waals surface area contributed by atoms with Gasteiger partial charge in [0.1, 0.15) is 0 Å². The van der Waals surface area contributed by atoms with Gasteiger partial charge in [0.05, 0.1) is 12.2 Å². The van der Waals surface area contributed by atoms with Crippen LogP contribution in [-0.2, 0) is 4.74 Å². The van der Waals surface area contributed by atoms with Crippen molar-refractivity contribution in [1.29, 1.82) is 0 Å². The third-order valence-electron chi connectivity index (χ3n) is 2.30. The molecule has 2 nitrogen and oxygen atoms in total. The molecule has 1 fully saturated rings. The van der Waals surface area contributed by atoms with E-state index in [9.17, 15) is 0 Å². The zero-order valence-corrected chi connectivity index (χ0v) is 7.38. The molecule has 0 aromatic carbocycles. The van der Waals surface area contributed by atoms with E-state index in [2.05, 4.69) is 6.92 Å². The summed E-state index contributed by atoms with van der Waals surface area (Å²) in [6, 6.07) is 0. The largest absolute Gasteiger partial charge is 0.375 e. The Morgan fingerprint density at radius 3 is 2.64 bits per heavy atom. The van der Waals surface area contributed by atoms with Crippen LogP contribution in [0.1, 0.15) is 39.0 Å². The third kappa shape index (κ3) is 3.21. The first-order chi connectivity index (χ1) is 5.33. The summed E-state index contributed by atoms with van der Waals surface area (Å²) in [5.74, 6) is 0. The van der Waals surface area contributed by atoms with Crippen LogP contribution >= 0.6 is 0 Å². The molecule has 1 unspecified atom stereocenters. The lowest BCUT2D eigenvalue weighted by Gasteiger charge is -2.17. The lowest BCUT2D eigenvalue weighted by Crippen LogP contribution is -2.19. The molecular weight excluding hydrogens is 138 g/mol. The van der Waals surface area contributed by atoms with Crippen LogP contribution in [0.15, 0.2) is 0 Å². The van der Waals surface area contributed by atoms with Crippen LogP contribution in [0.4, 0.5) is 0 Å². The van der Waals surface area contributed by atoms with Crippen LogP contribution < -0.4 is 5.73 Å². The fourth-order valence-corrected chi connectivity index (χ4v) is 1.66. The monoisotopic (exact) mass is 157 g/mol. The van der Waals surface area contributed by atoms with Crippen LogP contribution in [0.2, 0.25) is 0 Å². The second kappa shape index (κ2) is 4.73. The minimum absolute atomic E-state index is 0.364. The standard InChI is InChI=1S/C9H19NO/c1-8(6-7-10)11-9-4-2-3-5-9/h8-9H,2-7,10H2,1H3. The highest BCUT2D eigenvalue weighted by Gasteiger charge is 2.17. The molecule has 0 radical (unpaired) electrons. The first-order valence-corrected chi connectivity index (χ1v) is 4.68. The maximum Gasteiger partial charge on any atom is 0.0578 e. The van der Waals surface area contributed by atoms with Gasteiger partial charge in [0.15, 0.2) is 0 Å². The van der Waals surface area contributed by atoms with Crippen LogP contribution in [0.3, 0.4) is 0 Å². The summed E-state index contributed by atoms with van der Waals surface area (Å²) in [6.07, 6.45) is 7.11. The second-order valence-corrected chi connectivity index (χ2v) is 3.43. The second-order valence-electron chi connectivity index (χ2n) is 3.43. The van der Waals surface area contributed by atoms with Gasteiger partial charge < -0.3 is 10.5 Å². The molecule has 1 aliphatic rings. The van der Waals surface area contributed by atoms with Crippen molar-refractivity contribution >= 4 is 0 Å². The quantitative estimate of drug-likeness (QED) is 0.674. The Morgan fingerprint density at radius 1 is 1.45 bits per heavy atom. The van der Waals surface area contributed by atoms with Gasteiger partial charge in [-0.3, -0.25) is 0 Å². The first-order valence-electron chi connectivity index (χ1n) is 4.68. The van der Waals surface area contributed by atoms with Gasteiger partial charge in [-0.25, -0.2) is 0 Å². The summed E-state index contributed by atoms with van der Waals surface area (Å²) < 4.78 is 5.77. The molecule has 11 heavy (non-hydrogen) atoms. The predicted molar refractivity (Wildman–Crippen MR) is 46.5 cm³/mol. The van der Waals surface area contributed by atoms with Crippen molar-refractivity contribution in [1.82, 2.24) is 0 Å². The van der Waals surface area contributed by atoms with E-state index in [4.69, 9.17) is 10.5 Å². The van der Waals surface area contributed by atoms with E-state index in [-0.39, 0.29) is 0 Å². The highest BCUT2D eigenvalue weighted by Crippen LogP contribution is 2.22. The average molecular weight is 157 g/mol. The summed E-state index contributed by atoms with van der Waals surface area (Å²) in [5.41, 5.74) is 5.42. The molecule has 1 saturated carbocycles. The van der Waals surface area contributed by atoms with Crippen molar-refractivity contribution in [2.24, 2.45) is 5.73 Å². The average Bonchev–Trinajstić information content (AvgIpc) is 2.40. The molecule has 0 bridgehead atoms. The normalized spacial score (nSPS) is 22.4. The van der Waals surface area contributed by atoms with Crippen LogP contribution in [-0.4, -0.2) is 18.8 Å². The minimum Gasteiger partial charge on any atom is -0.375 e. The van der Waals surface area contributed by atoms with Crippen molar-refractivity contribution in [2.75, 3.05) is 6.54 Å². The fourth-order valence-electron chi connectivity index (χ4n) is 1.66. The Balaban J connectivity index is 2.08.